The highest BCUT2D eigenvalue weighted by molar-refractivity contribution is 6.91. The van der Waals surface area contributed by atoms with Crippen molar-refractivity contribution in [1.29, 1.82) is 0 Å². The highest BCUT2D eigenvalue weighted by Gasteiger charge is 2.25. The Bertz CT molecular complexity index is 301. The van der Waals surface area contributed by atoms with Gasteiger partial charge in [-0.1, -0.05) is 68.3 Å². The second kappa shape index (κ2) is 4.64. The van der Waals surface area contributed by atoms with Crippen molar-refractivity contribution in [2.75, 3.05) is 6.17 Å². The maximum Gasteiger partial charge on any atom is 0.116 e. The summed E-state index contributed by atoms with van der Waals surface area (Å²) in [6.07, 6.45) is 1.20. The summed E-state index contributed by atoms with van der Waals surface area (Å²) in [7, 11) is -2.38. The maximum atomic E-state index is 3.76. The van der Waals surface area contributed by atoms with Gasteiger partial charge in [0.15, 0.2) is 0 Å². The number of rotatable bonds is 4. The largest absolute Gasteiger partial charge is 0.340 e. The van der Waals surface area contributed by atoms with Crippen LogP contribution in [0.5, 0.6) is 0 Å². The molecule has 1 aromatic carbocycles. The molecule has 0 atom stereocenters. The van der Waals surface area contributed by atoms with E-state index in [0.29, 0.717) is 0 Å². The van der Waals surface area contributed by atoms with Crippen LogP contribution in [-0.2, 0) is 0 Å². The quantitative estimate of drug-likeness (QED) is 0.794. The standard InChI is InChI=1S/C12H23NSi2/c1-14(2,3)13-11-15(4,5)12-9-7-6-8-10-12/h6-10,13H,11H2,1-5H3. The molecule has 15 heavy (non-hydrogen) atoms. The van der Waals surface area contributed by atoms with Crippen LogP contribution in [0.2, 0.25) is 32.7 Å². The van der Waals surface area contributed by atoms with Crippen LogP contribution in [0.3, 0.4) is 0 Å². The zero-order valence-electron chi connectivity index (χ0n) is 10.6. The van der Waals surface area contributed by atoms with Gasteiger partial charge in [-0.15, -0.1) is 0 Å². The molecular formula is C12H23NSi2. The minimum atomic E-state index is -1.27. The molecule has 84 valence electrons. The fourth-order valence-corrected chi connectivity index (χ4v) is 6.67. The van der Waals surface area contributed by atoms with Gasteiger partial charge in [0, 0.05) is 0 Å². The molecule has 1 nitrogen and oxygen atoms in total. The van der Waals surface area contributed by atoms with Crippen molar-refractivity contribution in [2.24, 2.45) is 0 Å². The van der Waals surface area contributed by atoms with E-state index in [1.165, 1.54) is 6.17 Å². The van der Waals surface area contributed by atoms with E-state index in [9.17, 15) is 0 Å². The smallest absolute Gasteiger partial charge is 0.116 e. The van der Waals surface area contributed by atoms with E-state index in [4.69, 9.17) is 0 Å². The molecule has 0 unspecified atom stereocenters. The first-order chi connectivity index (χ1) is 6.81. The second-order valence-electron chi connectivity index (χ2n) is 5.85. The Morgan fingerprint density at radius 2 is 1.47 bits per heavy atom. The van der Waals surface area contributed by atoms with Crippen LogP contribution >= 0.6 is 0 Å². The minimum Gasteiger partial charge on any atom is -0.340 e. The van der Waals surface area contributed by atoms with E-state index in [-0.39, 0.29) is 0 Å². The van der Waals surface area contributed by atoms with Gasteiger partial charge in [-0.25, -0.2) is 0 Å². The van der Waals surface area contributed by atoms with Crippen LogP contribution in [0.1, 0.15) is 0 Å². The molecule has 0 saturated heterocycles. The Morgan fingerprint density at radius 1 is 0.933 bits per heavy atom. The van der Waals surface area contributed by atoms with Crippen LogP contribution in [0.25, 0.3) is 0 Å². The van der Waals surface area contributed by atoms with E-state index in [0.717, 1.165) is 0 Å². The van der Waals surface area contributed by atoms with Crippen molar-refractivity contribution < 1.29 is 0 Å². The lowest BCUT2D eigenvalue weighted by atomic mass is 10.4. The van der Waals surface area contributed by atoms with Gasteiger partial charge >= 0.3 is 0 Å². The molecule has 0 amide bonds. The highest BCUT2D eigenvalue weighted by Crippen LogP contribution is 2.04. The zero-order chi connectivity index (χ0) is 11.5. The molecule has 0 aliphatic carbocycles. The molecule has 0 aliphatic rings. The van der Waals surface area contributed by atoms with E-state index in [1.807, 2.05) is 0 Å². The van der Waals surface area contributed by atoms with Crippen molar-refractivity contribution >= 4 is 21.5 Å². The predicted octanol–water partition coefficient (Wildman–Crippen LogP) is 2.57. The number of nitrogens with one attached hydrogen (secondary N) is 1. The van der Waals surface area contributed by atoms with Gasteiger partial charge in [0.1, 0.15) is 8.24 Å². The summed E-state index contributed by atoms with van der Waals surface area (Å²) in [5.41, 5.74) is 0. The summed E-state index contributed by atoms with van der Waals surface area (Å²) in [5.74, 6) is 0. The van der Waals surface area contributed by atoms with Gasteiger partial charge in [-0.05, 0) is 6.17 Å². The van der Waals surface area contributed by atoms with Crippen molar-refractivity contribution in [1.82, 2.24) is 4.98 Å². The second-order valence-corrected chi connectivity index (χ2v) is 15.4. The van der Waals surface area contributed by atoms with Crippen LogP contribution in [0.4, 0.5) is 0 Å². The third-order valence-corrected chi connectivity index (χ3v) is 7.16. The third kappa shape index (κ3) is 4.32. The molecule has 3 heteroatoms. The van der Waals surface area contributed by atoms with Crippen molar-refractivity contribution in [3.8, 4) is 0 Å². The van der Waals surface area contributed by atoms with Crippen LogP contribution in [0.15, 0.2) is 30.3 Å². The molecule has 0 aliphatic heterocycles. The van der Waals surface area contributed by atoms with Crippen molar-refractivity contribution in [3.05, 3.63) is 30.3 Å². The lowest BCUT2D eigenvalue weighted by Gasteiger charge is -2.28. The fourth-order valence-electron chi connectivity index (χ4n) is 1.48. The Kier molecular flexibility index (Phi) is 3.92. The first-order valence-electron chi connectivity index (χ1n) is 5.62. The van der Waals surface area contributed by atoms with Crippen molar-refractivity contribution in [3.63, 3.8) is 0 Å². The average molecular weight is 237 g/mol. The van der Waals surface area contributed by atoms with Gasteiger partial charge in [-0.3, -0.25) is 0 Å². The first kappa shape index (κ1) is 12.7. The number of hydrogen-bond donors (Lipinski definition) is 1. The van der Waals surface area contributed by atoms with Gasteiger partial charge in [-0.2, -0.15) is 0 Å². The summed E-state index contributed by atoms with van der Waals surface area (Å²) in [6.45, 7) is 12.0. The van der Waals surface area contributed by atoms with Crippen LogP contribution < -0.4 is 10.2 Å². The minimum absolute atomic E-state index is 1.12. The summed E-state index contributed by atoms with van der Waals surface area (Å²) in [4.78, 5) is 3.76. The zero-order valence-corrected chi connectivity index (χ0v) is 12.6. The summed E-state index contributed by atoms with van der Waals surface area (Å²) >= 11 is 0. The molecule has 1 rings (SSSR count). The monoisotopic (exact) mass is 237 g/mol. The predicted molar refractivity (Wildman–Crippen MR) is 74.9 cm³/mol. The molecule has 0 aromatic heterocycles. The van der Waals surface area contributed by atoms with Gasteiger partial charge in [0.2, 0.25) is 0 Å². The maximum absolute atomic E-state index is 3.76. The van der Waals surface area contributed by atoms with Crippen LogP contribution in [-0.4, -0.2) is 22.5 Å². The Hall–Kier alpha value is -0.386. The molecule has 0 saturated carbocycles. The number of hydrogen-bond acceptors (Lipinski definition) is 1. The Balaban J connectivity index is 2.68. The summed E-state index contributed by atoms with van der Waals surface area (Å²) in [5, 5.41) is 1.55. The topological polar surface area (TPSA) is 12.0 Å². The molecular weight excluding hydrogens is 214 g/mol. The van der Waals surface area contributed by atoms with Gasteiger partial charge in [0.25, 0.3) is 0 Å². The fraction of sp³-hybridized carbons (Fsp3) is 0.500. The van der Waals surface area contributed by atoms with E-state index in [2.05, 4.69) is 68.0 Å². The van der Waals surface area contributed by atoms with Gasteiger partial charge in [0.05, 0.1) is 8.07 Å². The molecule has 1 aromatic rings. The lowest BCUT2D eigenvalue weighted by molar-refractivity contribution is 1.08. The molecule has 0 bridgehead atoms. The molecule has 0 spiro atoms. The SMILES string of the molecule is C[Si](C)(C)NC[Si](C)(C)c1ccccc1. The Morgan fingerprint density at radius 3 is 1.93 bits per heavy atom. The summed E-state index contributed by atoms with van der Waals surface area (Å²) < 4.78 is 0. The molecule has 1 N–H and O–H groups in total. The van der Waals surface area contributed by atoms with E-state index < -0.39 is 16.3 Å². The first-order valence-corrected chi connectivity index (χ1v) is 12.3. The lowest BCUT2D eigenvalue weighted by Crippen LogP contribution is -2.56. The van der Waals surface area contributed by atoms with E-state index >= 15 is 0 Å². The molecule has 0 fully saturated rings. The number of benzene rings is 1. The average Bonchev–Trinajstić information content (AvgIpc) is 2.16. The third-order valence-electron chi connectivity index (χ3n) is 2.62. The van der Waals surface area contributed by atoms with Crippen LogP contribution in [0, 0.1) is 0 Å². The molecule has 0 heterocycles. The Labute approximate surface area is 96.0 Å². The van der Waals surface area contributed by atoms with Gasteiger partial charge < -0.3 is 4.98 Å². The van der Waals surface area contributed by atoms with E-state index in [1.54, 1.807) is 5.19 Å². The highest BCUT2D eigenvalue weighted by atomic mass is 28.3. The molecule has 0 radical (unpaired) electrons. The van der Waals surface area contributed by atoms with Crippen molar-refractivity contribution in [2.45, 2.75) is 32.7 Å². The summed E-state index contributed by atoms with van der Waals surface area (Å²) in [6, 6.07) is 11.0. The normalized spacial score (nSPS) is 12.9.